The van der Waals surface area contributed by atoms with Crippen molar-refractivity contribution in [1.82, 2.24) is 9.78 Å². The van der Waals surface area contributed by atoms with Crippen LogP contribution in [0.15, 0.2) is 17.0 Å². The second-order valence-corrected chi connectivity index (χ2v) is 6.58. The van der Waals surface area contributed by atoms with Gasteiger partial charge in [0.1, 0.15) is 17.2 Å². The van der Waals surface area contributed by atoms with Gasteiger partial charge in [0, 0.05) is 14.1 Å². The molecular weight excluding hydrogens is 386 g/mol. The highest BCUT2D eigenvalue weighted by molar-refractivity contribution is 7.98. The summed E-state index contributed by atoms with van der Waals surface area (Å²) in [6.45, 7) is 0. The molecule has 0 unspecified atom stereocenters. The third-order valence-electron chi connectivity index (χ3n) is 3.14. The van der Waals surface area contributed by atoms with Gasteiger partial charge in [-0.25, -0.2) is 4.68 Å². The number of hydrogen-bond acceptors (Lipinski definition) is 4. The van der Waals surface area contributed by atoms with Crippen molar-refractivity contribution >= 4 is 47.1 Å². The second kappa shape index (κ2) is 6.85. The highest BCUT2D eigenvalue weighted by Crippen LogP contribution is 2.40. The monoisotopic (exact) mass is 397 g/mol. The maximum Gasteiger partial charge on any atom is 0.416 e. The fourth-order valence-electron chi connectivity index (χ4n) is 2.16. The van der Waals surface area contributed by atoms with Crippen LogP contribution in [0.25, 0.3) is 5.69 Å². The molecule has 0 saturated carbocycles. The van der Waals surface area contributed by atoms with Crippen LogP contribution in [0.5, 0.6) is 0 Å². The molecule has 0 aliphatic heterocycles. The molecular formula is C14H12Cl2F3N3OS. The first-order chi connectivity index (χ1) is 11.1. The number of carbonyl (C=O) groups is 1. The Morgan fingerprint density at radius 3 is 2.17 bits per heavy atom. The molecule has 0 radical (unpaired) electrons. The van der Waals surface area contributed by atoms with E-state index in [0.717, 1.165) is 12.1 Å². The van der Waals surface area contributed by atoms with Crippen LogP contribution in [-0.4, -0.2) is 36.4 Å². The van der Waals surface area contributed by atoms with Gasteiger partial charge < -0.3 is 4.90 Å². The first kappa shape index (κ1) is 19.0. The second-order valence-electron chi connectivity index (χ2n) is 4.95. The molecule has 0 fully saturated rings. The minimum Gasteiger partial charge on any atom is -0.362 e. The molecule has 0 aliphatic carbocycles. The standard InChI is InChI=1S/C14H12Cl2F3N3OS/c1-21(2)13-12(24-3)10(6-23)20-22(13)11-8(15)4-7(5-9(11)16)14(17,18)19/h4-6H,1-3H3. The Bertz CT molecular complexity index is 767. The molecule has 0 spiro atoms. The lowest BCUT2D eigenvalue weighted by molar-refractivity contribution is -0.137. The average Bonchev–Trinajstić information content (AvgIpc) is 2.83. The van der Waals surface area contributed by atoms with Gasteiger partial charge in [-0.15, -0.1) is 11.8 Å². The lowest BCUT2D eigenvalue weighted by atomic mass is 10.2. The van der Waals surface area contributed by atoms with Gasteiger partial charge in [0.25, 0.3) is 0 Å². The molecule has 2 rings (SSSR count). The smallest absolute Gasteiger partial charge is 0.362 e. The van der Waals surface area contributed by atoms with Crippen LogP contribution < -0.4 is 4.90 Å². The maximum atomic E-state index is 12.9. The zero-order valence-electron chi connectivity index (χ0n) is 12.8. The van der Waals surface area contributed by atoms with Gasteiger partial charge in [-0.2, -0.15) is 18.3 Å². The Morgan fingerprint density at radius 2 is 1.79 bits per heavy atom. The van der Waals surface area contributed by atoms with Gasteiger partial charge in [0.05, 0.1) is 20.5 Å². The van der Waals surface area contributed by atoms with Gasteiger partial charge in [-0.3, -0.25) is 4.79 Å². The number of rotatable bonds is 4. The lowest BCUT2D eigenvalue weighted by Gasteiger charge is -2.19. The number of benzene rings is 1. The zero-order chi connectivity index (χ0) is 18.2. The first-order valence-electron chi connectivity index (χ1n) is 6.48. The number of hydrogen-bond donors (Lipinski definition) is 0. The van der Waals surface area contributed by atoms with E-state index in [1.54, 1.807) is 25.3 Å². The number of thioether (sulfide) groups is 1. The number of aldehydes is 1. The van der Waals surface area contributed by atoms with Crippen LogP contribution in [0.2, 0.25) is 10.0 Å². The highest BCUT2D eigenvalue weighted by Gasteiger charge is 2.33. The van der Waals surface area contributed by atoms with Crippen molar-refractivity contribution in [3.63, 3.8) is 0 Å². The van der Waals surface area contributed by atoms with Crippen LogP contribution in [0, 0.1) is 0 Å². The number of aromatic nitrogens is 2. The van der Waals surface area contributed by atoms with Crippen molar-refractivity contribution in [3.8, 4) is 5.69 Å². The number of carbonyl (C=O) groups excluding carboxylic acids is 1. The number of anilines is 1. The summed E-state index contributed by atoms with van der Waals surface area (Å²) in [6.07, 6.45) is -2.24. The van der Waals surface area contributed by atoms with E-state index in [2.05, 4.69) is 5.10 Å². The van der Waals surface area contributed by atoms with Crippen molar-refractivity contribution < 1.29 is 18.0 Å². The van der Waals surface area contributed by atoms with E-state index in [4.69, 9.17) is 23.2 Å². The van der Waals surface area contributed by atoms with E-state index < -0.39 is 11.7 Å². The molecule has 0 saturated heterocycles. The summed E-state index contributed by atoms with van der Waals surface area (Å²) in [7, 11) is 3.43. The molecule has 24 heavy (non-hydrogen) atoms. The van der Waals surface area contributed by atoms with E-state index >= 15 is 0 Å². The molecule has 2 aromatic rings. The molecule has 0 bridgehead atoms. The largest absolute Gasteiger partial charge is 0.416 e. The highest BCUT2D eigenvalue weighted by atomic mass is 35.5. The molecule has 4 nitrogen and oxygen atoms in total. The van der Waals surface area contributed by atoms with Crippen LogP contribution >= 0.6 is 35.0 Å². The summed E-state index contributed by atoms with van der Waals surface area (Å²) in [5.74, 6) is 0.494. The van der Waals surface area contributed by atoms with Gasteiger partial charge in [0.15, 0.2) is 6.29 Å². The summed E-state index contributed by atoms with van der Waals surface area (Å²) in [4.78, 5) is 13.5. The van der Waals surface area contributed by atoms with Crippen LogP contribution in [0.3, 0.4) is 0 Å². The van der Waals surface area contributed by atoms with Crippen LogP contribution in [0.1, 0.15) is 16.1 Å². The first-order valence-corrected chi connectivity index (χ1v) is 8.46. The Kier molecular flexibility index (Phi) is 5.41. The molecule has 10 heteroatoms. The normalized spacial score (nSPS) is 11.7. The van der Waals surface area contributed by atoms with Gasteiger partial charge in [0.2, 0.25) is 0 Å². The predicted octanol–water partition coefficient (Wildman–Crippen LogP) is 4.80. The summed E-state index contributed by atoms with van der Waals surface area (Å²) < 4.78 is 39.9. The Morgan fingerprint density at radius 1 is 1.25 bits per heavy atom. The Labute approximate surface area is 150 Å². The molecule has 0 N–H and O–H groups in total. The van der Waals surface area contributed by atoms with Crippen LogP contribution in [-0.2, 0) is 6.18 Å². The molecule has 0 aliphatic rings. The van der Waals surface area contributed by atoms with Gasteiger partial charge in [-0.05, 0) is 18.4 Å². The maximum absolute atomic E-state index is 12.9. The summed E-state index contributed by atoms with van der Waals surface area (Å²) in [5.41, 5.74) is -0.725. The lowest BCUT2D eigenvalue weighted by Crippen LogP contribution is -2.16. The topological polar surface area (TPSA) is 38.1 Å². The Balaban J connectivity index is 2.78. The SMILES string of the molecule is CSc1c(C=O)nn(-c2c(Cl)cc(C(F)(F)F)cc2Cl)c1N(C)C. The van der Waals surface area contributed by atoms with Gasteiger partial charge in [-0.1, -0.05) is 23.2 Å². The fourth-order valence-corrected chi connectivity index (χ4v) is 3.56. The van der Waals surface area contributed by atoms with Crippen molar-refractivity contribution in [2.75, 3.05) is 25.3 Å². The van der Waals surface area contributed by atoms with Crippen molar-refractivity contribution in [2.45, 2.75) is 11.1 Å². The van der Waals surface area contributed by atoms with E-state index in [9.17, 15) is 18.0 Å². The number of nitrogens with zero attached hydrogens (tertiary/aromatic N) is 3. The van der Waals surface area contributed by atoms with Gasteiger partial charge >= 0.3 is 6.18 Å². The van der Waals surface area contributed by atoms with Crippen LogP contribution in [0.4, 0.5) is 19.0 Å². The molecule has 1 aromatic carbocycles. The minimum absolute atomic E-state index is 0.0819. The molecule has 1 heterocycles. The van der Waals surface area contributed by atoms with Crippen molar-refractivity contribution in [2.24, 2.45) is 0 Å². The zero-order valence-corrected chi connectivity index (χ0v) is 15.1. The molecule has 0 amide bonds. The fraction of sp³-hybridized carbons (Fsp3) is 0.286. The summed E-state index contributed by atoms with van der Waals surface area (Å²) >= 11 is 13.4. The minimum atomic E-state index is -4.57. The molecule has 1 aromatic heterocycles. The van der Waals surface area contributed by atoms with E-state index in [0.29, 0.717) is 17.0 Å². The summed E-state index contributed by atoms with van der Waals surface area (Å²) in [6, 6.07) is 1.56. The number of halogens is 5. The number of alkyl halides is 3. The third-order valence-corrected chi connectivity index (χ3v) is 4.52. The van der Waals surface area contributed by atoms with Crippen molar-refractivity contribution in [3.05, 3.63) is 33.4 Å². The van der Waals surface area contributed by atoms with E-state index in [1.165, 1.54) is 16.4 Å². The Hall–Kier alpha value is -1.38. The quantitative estimate of drug-likeness (QED) is 0.548. The predicted molar refractivity (Wildman–Crippen MR) is 90.1 cm³/mol. The summed E-state index contributed by atoms with van der Waals surface area (Å²) in [5, 5.41) is 3.71. The van der Waals surface area contributed by atoms with E-state index in [1.807, 2.05) is 0 Å². The third kappa shape index (κ3) is 3.36. The van der Waals surface area contributed by atoms with Crippen molar-refractivity contribution in [1.29, 1.82) is 0 Å². The molecule has 0 atom stereocenters. The van der Waals surface area contributed by atoms with E-state index in [-0.39, 0.29) is 21.4 Å². The molecule has 130 valence electrons. The average molecular weight is 398 g/mol.